The van der Waals surface area contributed by atoms with E-state index in [0.29, 0.717) is 0 Å². The second-order valence-corrected chi connectivity index (χ2v) is 20.2. The minimum atomic E-state index is -2.70. The first-order chi connectivity index (χ1) is 12.1. The van der Waals surface area contributed by atoms with Gasteiger partial charge in [-0.3, -0.25) is 0 Å². The number of nitrogens with one attached hydrogen (secondary N) is 1. The molecule has 0 saturated carbocycles. The molecule has 2 aromatic rings. The summed E-state index contributed by atoms with van der Waals surface area (Å²) in [5, 5.41) is 1.04. The Labute approximate surface area is 156 Å². The van der Waals surface area contributed by atoms with E-state index >= 15 is 0 Å². The van der Waals surface area contributed by atoms with Crippen molar-refractivity contribution in [1.29, 1.82) is 0 Å². The number of aromatic nitrogens is 1. The fourth-order valence-corrected chi connectivity index (χ4v) is 20.3. The molecule has 0 atom stereocenters. The molecule has 0 spiro atoms. The van der Waals surface area contributed by atoms with E-state index < -0.39 is 18.4 Å². The summed E-state index contributed by atoms with van der Waals surface area (Å²) in [6.07, 6.45) is 6.20. The van der Waals surface area contributed by atoms with E-state index in [1.54, 1.807) is 0 Å². The molecule has 0 fully saturated rings. The van der Waals surface area contributed by atoms with Gasteiger partial charge in [-0.05, 0) is 0 Å². The predicted molar refractivity (Wildman–Crippen MR) is 110 cm³/mol. The van der Waals surface area contributed by atoms with E-state index in [9.17, 15) is 4.79 Å². The van der Waals surface area contributed by atoms with Crippen LogP contribution in [0.3, 0.4) is 0 Å². The van der Waals surface area contributed by atoms with Crippen LogP contribution in [0.15, 0.2) is 24.3 Å². The van der Waals surface area contributed by atoms with Crippen LogP contribution in [0.2, 0.25) is 13.3 Å². The second-order valence-electron chi connectivity index (χ2n) is 7.15. The number of carbonyl (C=O) groups excluding carboxylic acids is 1. The van der Waals surface area contributed by atoms with Crippen molar-refractivity contribution in [1.82, 2.24) is 4.98 Å². The summed E-state index contributed by atoms with van der Waals surface area (Å²) in [5.74, 6) is -0.169. The summed E-state index contributed by atoms with van der Waals surface area (Å²) in [4.78, 5) is 16.4. The Morgan fingerprint density at radius 1 is 1.00 bits per heavy atom. The molecule has 0 aliphatic rings. The van der Waals surface area contributed by atoms with Crippen LogP contribution < -0.4 is 3.71 Å². The SMILES string of the molecule is CCC[CH2][Sn]([CH2]CC)([CH2]CCC)[c]1[nH]c2ccccc2c1C(=O)OC. The van der Waals surface area contributed by atoms with Crippen LogP contribution in [0.4, 0.5) is 0 Å². The summed E-state index contributed by atoms with van der Waals surface area (Å²) in [6, 6.07) is 8.21. The number of H-pyrrole nitrogens is 1. The number of aromatic amines is 1. The molecular weight excluding hydrogens is 417 g/mol. The van der Waals surface area contributed by atoms with Gasteiger partial charge in [0.05, 0.1) is 0 Å². The Morgan fingerprint density at radius 2 is 1.64 bits per heavy atom. The van der Waals surface area contributed by atoms with Gasteiger partial charge in [0.25, 0.3) is 0 Å². The number of methoxy groups -OCH3 is 1. The van der Waals surface area contributed by atoms with Gasteiger partial charge in [0.2, 0.25) is 0 Å². The zero-order chi connectivity index (χ0) is 18.3. The third kappa shape index (κ3) is 4.41. The molecule has 1 aromatic carbocycles. The quantitative estimate of drug-likeness (QED) is 0.377. The van der Waals surface area contributed by atoms with Crippen LogP contribution in [0.25, 0.3) is 10.9 Å². The average molecular weight is 450 g/mol. The van der Waals surface area contributed by atoms with Gasteiger partial charge < -0.3 is 0 Å². The van der Waals surface area contributed by atoms with E-state index in [1.165, 1.54) is 56.2 Å². The first-order valence-corrected chi connectivity index (χ1v) is 17.3. The van der Waals surface area contributed by atoms with Gasteiger partial charge in [-0.1, -0.05) is 0 Å². The number of para-hydroxylation sites is 1. The van der Waals surface area contributed by atoms with Crippen molar-refractivity contribution in [2.45, 2.75) is 66.2 Å². The Morgan fingerprint density at radius 3 is 2.20 bits per heavy atom. The number of fused-ring (bicyclic) bond motifs is 1. The van der Waals surface area contributed by atoms with Crippen LogP contribution in [-0.4, -0.2) is 36.4 Å². The van der Waals surface area contributed by atoms with Crippen LogP contribution in [0.5, 0.6) is 0 Å². The molecule has 0 saturated heterocycles. The molecular formula is C21H33NO2Sn. The Bertz CT molecular complexity index is 684. The number of rotatable bonds is 10. The van der Waals surface area contributed by atoms with Gasteiger partial charge in [-0.15, -0.1) is 0 Å². The number of hydrogen-bond acceptors (Lipinski definition) is 2. The summed E-state index contributed by atoms with van der Waals surface area (Å²) in [6.45, 7) is 6.84. The van der Waals surface area contributed by atoms with Gasteiger partial charge in [0.15, 0.2) is 0 Å². The van der Waals surface area contributed by atoms with Crippen molar-refractivity contribution in [3.05, 3.63) is 29.8 Å². The average Bonchev–Trinajstić information content (AvgIpc) is 3.03. The maximum absolute atomic E-state index is 12.7. The molecule has 1 N–H and O–H groups in total. The van der Waals surface area contributed by atoms with Gasteiger partial charge in [0, 0.05) is 0 Å². The van der Waals surface area contributed by atoms with Crippen LogP contribution in [-0.2, 0) is 4.74 Å². The molecule has 4 heteroatoms. The van der Waals surface area contributed by atoms with Crippen molar-refractivity contribution in [2.24, 2.45) is 0 Å². The van der Waals surface area contributed by atoms with Crippen molar-refractivity contribution in [2.75, 3.05) is 7.11 Å². The molecule has 0 radical (unpaired) electrons. The van der Waals surface area contributed by atoms with Crippen molar-refractivity contribution in [3.8, 4) is 0 Å². The zero-order valence-electron chi connectivity index (χ0n) is 16.3. The Balaban J connectivity index is 2.67. The third-order valence-corrected chi connectivity index (χ3v) is 21.1. The maximum atomic E-state index is 12.7. The first-order valence-electron chi connectivity index (χ1n) is 9.83. The molecule has 0 aliphatic heterocycles. The van der Waals surface area contributed by atoms with Gasteiger partial charge in [-0.2, -0.15) is 0 Å². The number of carbonyl (C=O) groups is 1. The number of ether oxygens (including phenoxy) is 1. The number of hydrogen-bond donors (Lipinski definition) is 1. The second kappa shape index (κ2) is 9.65. The Kier molecular flexibility index (Phi) is 7.85. The van der Waals surface area contributed by atoms with E-state index in [-0.39, 0.29) is 5.97 Å². The minimum absolute atomic E-state index is 0.169. The molecule has 2 rings (SSSR count). The standard InChI is InChI=1S/C10H8NO2.2C4H9.C3H7.Sn/c1-13-10(12)8-6-11-9-5-3-2-4-7(8)9;2*1-3-4-2;1-3-2;/h2-5,11H,1H3;2*1,3-4H2,2H3;1,3H2,2H3;. The fourth-order valence-electron chi connectivity index (χ4n) is 4.11. The molecule has 1 heterocycles. The molecule has 0 aliphatic carbocycles. The van der Waals surface area contributed by atoms with E-state index in [4.69, 9.17) is 4.74 Å². The van der Waals surface area contributed by atoms with Gasteiger partial charge >= 0.3 is 157 Å². The molecule has 3 nitrogen and oxygen atoms in total. The number of esters is 1. The summed E-state index contributed by atoms with van der Waals surface area (Å²) >= 11 is -2.70. The fraction of sp³-hybridized carbons (Fsp3) is 0.571. The topological polar surface area (TPSA) is 42.1 Å². The number of unbranched alkanes of at least 4 members (excludes halogenated alkanes) is 2. The van der Waals surface area contributed by atoms with Gasteiger partial charge in [0.1, 0.15) is 0 Å². The van der Waals surface area contributed by atoms with E-state index in [2.05, 4.69) is 37.9 Å². The zero-order valence-corrected chi connectivity index (χ0v) is 19.1. The van der Waals surface area contributed by atoms with Crippen molar-refractivity contribution < 1.29 is 9.53 Å². The molecule has 138 valence electrons. The summed E-state index contributed by atoms with van der Waals surface area (Å²) in [5.41, 5.74) is 1.93. The molecule has 0 bridgehead atoms. The molecule has 0 amide bonds. The van der Waals surface area contributed by atoms with Crippen LogP contribution in [0, 0.1) is 0 Å². The summed E-state index contributed by atoms with van der Waals surface area (Å²) < 4.78 is 10.5. The van der Waals surface area contributed by atoms with E-state index in [0.717, 1.165) is 16.5 Å². The van der Waals surface area contributed by atoms with Crippen LogP contribution in [0.1, 0.15) is 63.2 Å². The first kappa shape index (κ1) is 20.3. The molecule has 0 unspecified atom stereocenters. The molecule has 25 heavy (non-hydrogen) atoms. The molecule has 1 aromatic heterocycles. The van der Waals surface area contributed by atoms with Crippen molar-refractivity contribution >= 4 is 39.0 Å². The summed E-state index contributed by atoms with van der Waals surface area (Å²) in [7, 11) is 1.50. The van der Waals surface area contributed by atoms with Crippen LogP contribution >= 0.6 is 0 Å². The normalized spacial score (nSPS) is 11.8. The predicted octanol–water partition coefficient (Wildman–Crippen LogP) is 5.62. The van der Waals surface area contributed by atoms with Gasteiger partial charge in [-0.25, -0.2) is 0 Å². The number of benzene rings is 1. The monoisotopic (exact) mass is 451 g/mol. The van der Waals surface area contributed by atoms with Crippen molar-refractivity contribution in [3.63, 3.8) is 0 Å². The third-order valence-electron chi connectivity index (χ3n) is 5.37. The Hall–Kier alpha value is -0.971. The van der Waals surface area contributed by atoms with E-state index in [1.807, 2.05) is 12.1 Å².